The van der Waals surface area contributed by atoms with Gasteiger partial charge in [0.15, 0.2) is 0 Å². The van der Waals surface area contributed by atoms with E-state index in [0.717, 1.165) is 6.42 Å². The van der Waals surface area contributed by atoms with Gasteiger partial charge in [0.25, 0.3) is 0 Å². The van der Waals surface area contributed by atoms with Gasteiger partial charge in [-0.25, -0.2) is 0 Å². The number of aliphatic hydroxyl groups excluding tert-OH is 1. The van der Waals surface area contributed by atoms with Crippen LogP contribution in [0.2, 0.25) is 0 Å². The molecule has 0 amide bonds. The van der Waals surface area contributed by atoms with Crippen LogP contribution in [0.25, 0.3) is 0 Å². The molecule has 0 fully saturated rings. The first-order valence-electron chi connectivity index (χ1n) is 8.67. The number of hydrogen-bond donors (Lipinski definition) is 1. The van der Waals surface area contributed by atoms with Crippen LogP contribution in [0.15, 0.2) is 12.2 Å². The van der Waals surface area contributed by atoms with E-state index in [0.29, 0.717) is 6.61 Å². The zero-order chi connectivity index (χ0) is 14.0. The molecular weight excluding hydrogens is 321 g/mol. The molecule has 0 spiro atoms. The quantitative estimate of drug-likeness (QED) is 0.281. The fourth-order valence-electron chi connectivity index (χ4n) is 2.36. The summed E-state index contributed by atoms with van der Waals surface area (Å²) in [7, 11) is 0. The molecule has 0 aromatic heterocycles. The second-order valence-corrected chi connectivity index (χ2v) is 5.66. The molecule has 0 aromatic carbocycles. The Kier molecular flexibility index (Phi) is 25.5. The third kappa shape index (κ3) is 21.1. The van der Waals surface area contributed by atoms with Crippen molar-refractivity contribution in [1.82, 2.24) is 0 Å². The molecule has 0 aromatic rings. The maximum Gasteiger partial charge on any atom is 0.0431 e. The third-order valence-electron chi connectivity index (χ3n) is 3.67. The maximum atomic E-state index is 8.66. The van der Waals surface area contributed by atoms with Gasteiger partial charge in [-0.3, -0.25) is 0 Å². The topological polar surface area (TPSA) is 20.2 Å². The van der Waals surface area contributed by atoms with Crippen molar-refractivity contribution in [1.29, 1.82) is 0 Å². The molecule has 0 saturated carbocycles. The van der Waals surface area contributed by atoms with Gasteiger partial charge >= 0.3 is 0 Å². The van der Waals surface area contributed by atoms with E-state index in [4.69, 9.17) is 5.11 Å². The van der Waals surface area contributed by atoms with Crippen molar-refractivity contribution in [2.75, 3.05) is 6.61 Å². The van der Waals surface area contributed by atoms with E-state index >= 15 is 0 Å². The average molecular weight is 357 g/mol. The Bertz CT molecular complexity index is 180. The molecule has 20 heavy (non-hydrogen) atoms. The number of aliphatic hydroxyl groups is 1. The van der Waals surface area contributed by atoms with Gasteiger partial charge in [0, 0.05) is 39.3 Å². The molecule has 2 heteroatoms. The van der Waals surface area contributed by atoms with E-state index in [1.807, 2.05) is 0 Å². The summed E-state index contributed by atoms with van der Waals surface area (Å²) >= 11 is 0. The van der Waals surface area contributed by atoms with E-state index in [1.165, 1.54) is 83.5 Å². The Morgan fingerprint density at radius 1 is 0.600 bits per heavy atom. The second-order valence-electron chi connectivity index (χ2n) is 5.66. The van der Waals surface area contributed by atoms with Crippen molar-refractivity contribution >= 4 is 0 Å². The van der Waals surface area contributed by atoms with Crippen LogP contribution in [-0.4, -0.2) is 11.7 Å². The molecule has 0 heterocycles. The number of hydrogen-bond acceptors (Lipinski definition) is 1. The molecule has 1 radical (unpaired) electrons. The summed E-state index contributed by atoms with van der Waals surface area (Å²) < 4.78 is 0. The molecule has 0 aliphatic rings. The average Bonchev–Trinajstić information content (AvgIpc) is 2.43. The van der Waals surface area contributed by atoms with Crippen LogP contribution < -0.4 is 0 Å². The molecule has 0 aliphatic heterocycles. The molecule has 117 valence electrons. The van der Waals surface area contributed by atoms with Crippen molar-refractivity contribution in [3.8, 4) is 0 Å². The van der Waals surface area contributed by atoms with Crippen LogP contribution in [-0.2, 0) is 32.7 Å². The summed E-state index contributed by atoms with van der Waals surface area (Å²) in [4.78, 5) is 0. The molecule has 1 N–H and O–H groups in total. The van der Waals surface area contributed by atoms with E-state index < -0.39 is 0 Å². The van der Waals surface area contributed by atoms with Crippen LogP contribution in [0, 0.1) is 0 Å². The van der Waals surface area contributed by atoms with E-state index in [9.17, 15) is 0 Å². The third-order valence-corrected chi connectivity index (χ3v) is 3.67. The van der Waals surface area contributed by atoms with Crippen molar-refractivity contribution in [3.63, 3.8) is 0 Å². The molecule has 0 atom stereocenters. The standard InChI is InChI=1S/C18H36O.Y/c1-2-3-4-5-6-7-8-9-10-11-12-13-14-15-16-17-18-19;/h9-10,19H,2-8,11-18H2,1H3;/b10-9-;. The summed E-state index contributed by atoms with van der Waals surface area (Å²) in [5.41, 5.74) is 0. The van der Waals surface area contributed by atoms with Crippen LogP contribution in [0.1, 0.15) is 96.8 Å². The molecule has 0 aliphatic carbocycles. The second kappa shape index (κ2) is 22.1. The van der Waals surface area contributed by atoms with Crippen LogP contribution >= 0.6 is 0 Å². The summed E-state index contributed by atoms with van der Waals surface area (Å²) in [5, 5.41) is 8.66. The summed E-state index contributed by atoms with van der Waals surface area (Å²) in [6, 6.07) is 0. The zero-order valence-corrected chi connectivity index (χ0v) is 16.6. The summed E-state index contributed by atoms with van der Waals surface area (Å²) in [6.07, 6.45) is 23.2. The Morgan fingerprint density at radius 3 is 1.45 bits per heavy atom. The maximum absolute atomic E-state index is 8.66. The Labute approximate surface area is 152 Å². The minimum atomic E-state index is 0. The minimum Gasteiger partial charge on any atom is -0.396 e. The summed E-state index contributed by atoms with van der Waals surface area (Å²) in [5.74, 6) is 0. The molecule has 0 bridgehead atoms. The summed E-state index contributed by atoms with van der Waals surface area (Å²) in [6.45, 7) is 2.64. The number of unbranched alkanes of at least 4 members (excludes halogenated alkanes) is 12. The van der Waals surface area contributed by atoms with Crippen molar-refractivity contribution in [2.24, 2.45) is 0 Å². The zero-order valence-electron chi connectivity index (χ0n) is 13.8. The van der Waals surface area contributed by atoms with Gasteiger partial charge in [0.1, 0.15) is 0 Å². The first kappa shape index (κ1) is 23.1. The van der Waals surface area contributed by atoms with Gasteiger partial charge < -0.3 is 5.11 Å². The van der Waals surface area contributed by atoms with Crippen LogP contribution in [0.4, 0.5) is 0 Å². The number of allylic oxidation sites excluding steroid dienone is 2. The van der Waals surface area contributed by atoms with Crippen LogP contribution in [0.3, 0.4) is 0 Å². The normalized spacial score (nSPS) is 10.9. The van der Waals surface area contributed by atoms with Gasteiger partial charge in [0.2, 0.25) is 0 Å². The van der Waals surface area contributed by atoms with Crippen LogP contribution in [0.5, 0.6) is 0 Å². The Balaban J connectivity index is 0. The Morgan fingerprint density at radius 2 is 1.00 bits per heavy atom. The Hall–Kier alpha value is 0.804. The fourth-order valence-corrected chi connectivity index (χ4v) is 2.36. The SMILES string of the molecule is CCCCCCCC/C=C\CCCCCCCCO.[Y]. The van der Waals surface area contributed by atoms with Gasteiger partial charge in [-0.05, 0) is 32.1 Å². The fraction of sp³-hybridized carbons (Fsp3) is 0.889. The minimum absolute atomic E-state index is 0. The van der Waals surface area contributed by atoms with E-state index in [-0.39, 0.29) is 32.7 Å². The van der Waals surface area contributed by atoms with E-state index in [1.54, 1.807) is 0 Å². The largest absolute Gasteiger partial charge is 0.396 e. The monoisotopic (exact) mass is 357 g/mol. The number of rotatable bonds is 15. The predicted octanol–water partition coefficient (Wildman–Crippen LogP) is 6.01. The molecule has 1 nitrogen and oxygen atoms in total. The predicted molar refractivity (Wildman–Crippen MR) is 86.5 cm³/mol. The molecule has 0 rings (SSSR count). The molecular formula is C18H36OY. The van der Waals surface area contributed by atoms with Gasteiger partial charge in [0.05, 0.1) is 0 Å². The van der Waals surface area contributed by atoms with Crippen molar-refractivity contribution in [3.05, 3.63) is 12.2 Å². The van der Waals surface area contributed by atoms with Crippen molar-refractivity contribution < 1.29 is 37.8 Å². The van der Waals surface area contributed by atoms with Gasteiger partial charge in [-0.15, -0.1) is 0 Å². The molecule has 0 unspecified atom stereocenters. The molecule has 0 saturated heterocycles. The smallest absolute Gasteiger partial charge is 0.0431 e. The van der Waals surface area contributed by atoms with E-state index in [2.05, 4.69) is 19.1 Å². The van der Waals surface area contributed by atoms with Gasteiger partial charge in [-0.2, -0.15) is 0 Å². The van der Waals surface area contributed by atoms with Crippen molar-refractivity contribution in [2.45, 2.75) is 96.8 Å². The van der Waals surface area contributed by atoms with Gasteiger partial charge in [-0.1, -0.05) is 76.9 Å². The first-order chi connectivity index (χ1) is 9.41. The first-order valence-corrected chi connectivity index (χ1v) is 8.67.